The van der Waals surface area contributed by atoms with Crippen molar-refractivity contribution in [3.8, 4) is 5.75 Å². The van der Waals surface area contributed by atoms with E-state index >= 15 is 0 Å². The highest BCUT2D eigenvalue weighted by atomic mass is 16.5. The lowest BCUT2D eigenvalue weighted by Crippen LogP contribution is -2.34. The fourth-order valence-electron chi connectivity index (χ4n) is 3.00. The normalized spacial score (nSPS) is 23.3. The van der Waals surface area contributed by atoms with E-state index in [1.807, 2.05) is 19.1 Å². The van der Waals surface area contributed by atoms with Gasteiger partial charge in [0, 0.05) is 5.56 Å². The number of benzene rings is 1. The molecule has 1 aliphatic carbocycles. The average molecular weight is 235 g/mol. The van der Waals surface area contributed by atoms with Gasteiger partial charge in [0.05, 0.1) is 12.7 Å². The number of aryl methyl sites for hydroxylation is 1. The Labute approximate surface area is 103 Å². The summed E-state index contributed by atoms with van der Waals surface area (Å²) in [6.45, 7) is 2.55. The molecule has 2 rings (SSSR count). The molecule has 94 valence electrons. The van der Waals surface area contributed by atoms with Crippen LogP contribution in [0.15, 0.2) is 12.1 Å². The minimum atomic E-state index is -0.763. The van der Waals surface area contributed by atoms with E-state index in [2.05, 4.69) is 0 Å². The molecule has 0 amide bonds. The van der Waals surface area contributed by atoms with Crippen molar-refractivity contribution >= 4 is 0 Å². The van der Waals surface area contributed by atoms with Crippen LogP contribution in [-0.2, 0) is 12.0 Å². The molecule has 0 saturated carbocycles. The molecule has 1 aromatic carbocycles. The number of hydrogen-bond donors (Lipinski definition) is 2. The number of hydrogen-bond acceptors (Lipinski definition) is 3. The quantitative estimate of drug-likeness (QED) is 0.841. The van der Waals surface area contributed by atoms with Crippen LogP contribution in [0.4, 0.5) is 0 Å². The van der Waals surface area contributed by atoms with Gasteiger partial charge in [0.15, 0.2) is 0 Å². The van der Waals surface area contributed by atoms with Gasteiger partial charge in [-0.2, -0.15) is 0 Å². The van der Waals surface area contributed by atoms with Crippen LogP contribution in [0.3, 0.4) is 0 Å². The van der Waals surface area contributed by atoms with Gasteiger partial charge in [0.1, 0.15) is 5.75 Å². The number of ether oxygens (including phenoxy) is 1. The van der Waals surface area contributed by atoms with Crippen molar-refractivity contribution in [2.24, 2.45) is 5.73 Å². The summed E-state index contributed by atoms with van der Waals surface area (Å²) >= 11 is 0. The molecule has 17 heavy (non-hydrogen) atoms. The van der Waals surface area contributed by atoms with Gasteiger partial charge < -0.3 is 15.6 Å². The molecule has 1 atom stereocenters. The maximum atomic E-state index is 10.8. The molecule has 0 heterocycles. The number of rotatable bonds is 3. The van der Waals surface area contributed by atoms with E-state index < -0.39 is 5.60 Å². The minimum Gasteiger partial charge on any atom is -0.496 e. The third-order valence-electron chi connectivity index (χ3n) is 3.74. The maximum absolute atomic E-state index is 10.8. The van der Waals surface area contributed by atoms with Gasteiger partial charge in [-0.25, -0.2) is 0 Å². The minimum absolute atomic E-state index is 0.507. The largest absolute Gasteiger partial charge is 0.496 e. The SMILES string of the molecule is COc1ccc(C)c2c1CCCC2(O)CCN. The van der Waals surface area contributed by atoms with E-state index in [0.29, 0.717) is 13.0 Å². The first-order valence-electron chi connectivity index (χ1n) is 6.22. The summed E-state index contributed by atoms with van der Waals surface area (Å²) in [5.74, 6) is 0.890. The maximum Gasteiger partial charge on any atom is 0.122 e. The van der Waals surface area contributed by atoms with E-state index in [1.54, 1.807) is 7.11 Å². The summed E-state index contributed by atoms with van der Waals surface area (Å²) in [6.07, 6.45) is 3.38. The van der Waals surface area contributed by atoms with Gasteiger partial charge >= 0.3 is 0 Å². The van der Waals surface area contributed by atoms with E-state index in [4.69, 9.17) is 10.5 Å². The predicted molar refractivity (Wildman–Crippen MR) is 68.2 cm³/mol. The van der Waals surface area contributed by atoms with E-state index in [0.717, 1.165) is 41.7 Å². The second-order valence-corrected chi connectivity index (χ2v) is 4.86. The van der Waals surface area contributed by atoms with Crippen molar-refractivity contribution in [1.29, 1.82) is 0 Å². The topological polar surface area (TPSA) is 55.5 Å². The Balaban J connectivity index is 2.57. The molecular weight excluding hydrogens is 214 g/mol. The first-order chi connectivity index (χ1) is 8.12. The predicted octanol–water partition coefficient (Wildman–Crippen LogP) is 1.88. The zero-order valence-electron chi connectivity index (χ0n) is 10.6. The second-order valence-electron chi connectivity index (χ2n) is 4.86. The summed E-state index contributed by atoms with van der Waals surface area (Å²) in [4.78, 5) is 0. The van der Waals surface area contributed by atoms with Crippen LogP contribution in [-0.4, -0.2) is 18.8 Å². The molecule has 1 aliphatic rings. The first kappa shape index (κ1) is 12.4. The first-order valence-corrected chi connectivity index (χ1v) is 6.22. The van der Waals surface area contributed by atoms with Crippen molar-refractivity contribution < 1.29 is 9.84 Å². The van der Waals surface area contributed by atoms with Crippen LogP contribution in [0, 0.1) is 6.92 Å². The van der Waals surface area contributed by atoms with Gasteiger partial charge in [0.25, 0.3) is 0 Å². The Hall–Kier alpha value is -1.06. The summed E-state index contributed by atoms with van der Waals surface area (Å²) in [7, 11) is 1.68. The zero-order chi connectivity index (χ0) is 12.5. The summed E-state index contributed by atoms with van der Waals surface area (Å²) in [5.41, 5.74) is 8.22. The van der Waals surface area contributed by atoms with Crippen LogP contribution >= 0.6 is 0 Å². The molecule has 0 fully saturated rings. The highest BCUT2D eigenvalue weighted by Crippen LogP contribution is 2.42. The molecule has 1 unspecified atom stereocenters. The van der Waals surface area contributed by atoms with Crippen LogP contribution in [0.25, 0.3) is 0 Å². The van der Waals surface area contributed by atoms with Crippen molar-refractivity contribution in [2.45, 2.75) is 38.2 Å². The zero-order valence-corrected chi connectivity index (χ0v) is 10.6. The highest BCUT2D eigenvalue weighted by molar-refractivity contribution is 5.49. The molecule has 1 aromatic rings. The van der Waals surface area contributed by atoms with Gasteiger partial charge in [-0.1, -0.05) is 6.07 Å². The van der Waals surface area contributed by atoms with Crippen molar-refractivity contribution in [2.75, 3.05) is 13.7 Å². The smallest absolute Gasteiger partial charge is 0.122 e. The van der Waals surface area contributed by atoms with Gasteiger partial charge in [0.2, 0.25) is 0 Å². The molecule has 0 aliphatic heterocycles. The number of aliphatic hydroxyl groups is 1. The summed E-state index contributed by atoms with van der Waals surface area (Å²) < 4.78 is 5.40. The molecule has 0 aromatic heterocycles. The number of fused-ring (bicyclic) bond motifs is 1. The van der Waals surface area contributed by atoms with Gasteiger partial charge in [-0.05, 0) is 56.3 Å². The molecule has 0 spiro atoms. The van der Waals surface area contributed by atoms with Crippen LogP contribution in [0.5, 0.6) is 5.75 Å². The standard InChI is InChI=1S/C14H21NO2/c1-10-5-6-12(17-2)11-4-3-7-14(16,8-9-15)13(10)11/h5-6,16H,3-4,7-9,15H2,1-2H3. The van der Waals surface area contributed by atoms with Crippen molar-refractivity contribution in [3.63, 3.8) is 0 Å². The Kier molecular flexibility index (Phi) is 3.40. The van der Waals surface area contributed by atoms with Crippen molar-refractivity contribution in [1.82, 2.24) is 0 Å². The third-order valence-corrected chi connectivity index (χ3v) is 3.74. The highest BCUT2D eigenvalue weighted by Gasteiger charge is 2.36. The molecule has 3 N–H and O–H groups in total. The molecule has 0 saturated heterocycles. The lowest BCUT2D eigenvalue weighted by Gasteiger charge is -2.36. The number of methoxy groups -OCH3 is 1. The lowest BCUT2D eigenvalue weighted by atomic mass is 9.75. The molecule has 0 bridgehead atoms. The molecule has 3 nitrogen and oxygen atoms in total. The Morgan fingerprint density at radius 1 is 1.47 bits per heavy atom. The summed E-state index contributed by atoms with van der Waals surface area (Å²) in [5, 5.41) is 10.8. The van der Waals surface area contributed by atoms with E-state index in [1.165, 1.54) is 0 Å². The Morgan fingerprint density at radius 3 is 2.88 bits per heavy atom. The van der Waals surface area contributed by atoms with Crippen molar-refractivity contribution in [3.05, 3.63) is 28.8 Å². The Bertz CT molecular complexity index is 417. The fraction of sp³-hybridized carbons (Fsp3) is 0.571. The van der Waals surface area contributed by atoms with Gasteiger partial charge in [-0.15, -0.1) is 0 Å². The average Bonchev–Trinajstić information content (AvgIpc) is 2.29. The molecule has 3 heteroatoms. The molecular formula is C14H21NO2. The van der Waals surface area contributed by atoms with Crippen LogP contribution < -0.4 is 10.5 Å². The number of nitrogens with two attached hydrogens (primary N) is 1. The fourth-order valence-corrected chi connectivity index (χ4v) is 3.00. The van der Waals surface area contributed by atoms with Crippen LogP contribution in [0.2, 0.25) is 0 Å². The van der Waals surface area contributed by atoms with E-state index in [9.17, 15) is 5.11 Å². The molecule has 0 radical (unpaired) electrons. The third kappa shape index (κ3) is 2.05. The summed E-state index contributed by atoms with van der Waals surface area (Å²) in [6, 6.07) is 4.01. The lowest BCUT2D eigenvalue weighted by molar-refractivity contribution is 0.0115. The van der Waals surface area contributed by atoms with Gasteiger partial charge in [-0.3, -0.25) is 0 Å². The second kappa shape index (κ2) is 4.67. The Morgan fingerprint density at radius 2 is 2.24 bits per heavy atom. The van der Waals surface area contributed by atoms with Crippen LogP contribution in [0.1, 0.15) is 36.0 Å². The van der Waals surface area contributed by atoms with E-state index in [-0.39, 0.29) is 0 Å². The monoisotopic (exact) mass is 235 g/mol.